The van der Waals surface area contributed by atoms with Crippen LogP contribution in [-0.4, -0.2) is 36.0 Å². The Bertz CT molecular complexity index is 1300. The van der Waals surface area contributed by atoms with Gasteiger partial charge >= 0.3 is 46.5 Å². The van der Waals surface area contributed by atoms with Gasteiger partial charge in [-0.15, -0.1) is 68.7 Å². The molecule has 41 heavy (non-hydrogen) atoms. The van der Waals surface area contributed by atoms with Gasteiger partial charge < -0.3 is 0 Å². The first-order valence-corrected chi connectivity index (χ1v) is 36.6. The topological polar surface area (TPSA) is 0 Å². The predicted molar refractivity (Wildman–Crippen MR) is 204 cm³/mol. The van der Waals surface area contributed by atoms with Crippen molar-refractivity contribution in [3.8, 4) is 0 Å². The normalized spacial score (nSPS) is 12.5. The minimum Gasteiger partial charge on any atom is -0.165 e. The van der Waals surface area contributed by atoms with E-state index >= 15 is 0 Å². The maximum Gasteiger partial charge on any atom is 0.0753 e. The van der Waals surface area contributed by atoms with Crippen molar-refractivity contribution in [2.75, 3.05) is 0 Å². The molecule has 0 unspecified atom stereocenters. The molecular formula is C34H54Cl2Si4Zr-2. The fraction of sp³-hybridized carbons (Fsp3) is 0.441. The Labute approximate surface area is 270 Å². The summed E-state index contributed by atoms with van der Waals surface area (Å²) in [5, 5.41) is 12.5. The summed E-state index contributed by atoms with van der Waals surface area (Å²) < 4.78 is 1.89. The Hall–Kier alpha value is -0.139. The molecule has 0 bridgehead atoms. The molecule has 0 amide bonds. The molecular weight excluding hydrogens is 683 g/mol. The Morgan fingerprint density at radius 1 is 0.512 bits per heavy atom. The average Bonchev–Trinajstić information content (AvgIpc) is 3.35. The number of fused-ring (bicyclic) bond motifs is 2. The van der Waals surface area contributed by atoms with Crippen LogP contribution in [0.25, 0.3) is 21.5 Å². The fourth-order valence-corrected chi connectivity index (χ4v) is 15.7. The van der Waals surface area contributed by atoms with Gasteiger partial charge in [0.15, 0.2) is 0 Å². The first-order valence-electron chi connectivity index (χ1n) is 14.9. The molecule has 226 valence electrons. The first-order chi connectivity index (χ1) is 18.4. The van der Waals surface area contributed by atoms with Crippen LogP contribution in [0.4, 0.5) is 0 Å². The van der Waals surface area contributed by atoms with E-state index < -0.39 is 51.2 Å². The van der Waals surface area contributed by atoms with E-state index in [9.17, 15) is 0 Å². The molecule has 0 atom stereocenters. The molecule has 7 heteroatoms. The van der Waals surface area contributed by atoms with Gasteiger partial charge in [0.25, 0.3) is 0 Å². The second-order valence-electron chi connectivity index (χ2n) is 15.7. The SMILES string of the molecule is C[CH]=[Zr]([Cl])[Cl].Cc1cc2cc([Si](C)(C)C)c([Si](C)(C)C)cc2[cH-]1.Cc1cc2cc([Si](C)(C)C)c([Si](C)(C)C)cc2[cH-]1. The summed E-state index contributed by atoms with van der Waals surface area (Å²) in [7, 11) is 5.69. The first kappa shape index (κ1) is 37.0. The van der Waals surface area contributed by atoms with E-state index in [1.54, 1.807) is 20.7 Å². The van der Waals surface area contributed by atoms with Crippen molar-refractivity contribution in [1.82, 2.24) is 0 Å². The number of rotatable bonds is 4. The summed E-state index contributed by atoms with van der Waals surface area (Å²) in [6.45, 7) is 35.9. The van der Waals surface area contributed by atoms with E-state index in [-0.39, 0.29) is 0 Å². The molecule has 4 aromatic rings. The third kappa shape index (κ3) is 10.5. The van der Waals surface area contributed by atoms with E-state index in [1.807, 2.05) is 10.6 Å². The quantitative estimate of drug-likeness (QED) is 0.145. The number of hydrogen-bond acceptors (Lipinski definition) is 0. The van der Waals surface area contributed by atoms with Crippen molar-refractivity contribution in [3.63, 3.8) is 0 Å². The summed E-state index contributed by atoms with van der Waals surface area (Å²) in [6, 6.07) is 19.3. The van der Waals surface area contributed by atoms with Crippen LogP contribution in [0.1, 0.15) is 18.1 Å². The Morgan fingerprint density at radius 2 is 0.756 bits per heavy atom. The molecule has 0 aromatic heterocycles. The summed E-state index contributed by atoms with van der Waals surface area (Å²) in [5.74, 6) is 0. The zero-order valence-corrected chi connectivity index (χ0v) is 36.4. The molecule has 0 aliphatic carbocycles. The molecule has 4 aromatic carbocycles. The van der Waals surface area contributed by atoms with Crippen molar-refractivity contribution in [2.45, 2.75) is 99.3 Å². The van der Waals surface area contributed by atoms with Crippen LogP contribution in [-0.2, 0) is 18.9 Å². The molecule has 0 aliphatic heterocycles. The summed E-state index contributed by atoms with van der Waals surface area (Å²) in [4.78, 5) is 0. The van der Waals surface area contributed by atoms with Gasteiger partial charge in [0.05, 0.1) is 32.3 Å². The number of hydrogen-bond donors (Lipinski definition) is 0. The molecule has 0 saturated carbocycles. The Morgan fingerprint density at radius 3 is 0.976 bits per heavy atom. The molecule has 0 saturated heterocycles. The number of benzene rings is 2. The maximum atomic E-state index is 5.37. The van der Waals surface area contributed by atoms with Crippen LogP contribution in [0, 0.1) is 13.8 Å². The van der Waals surface area contributed by atoms with E-state index in [2.05, 4.69) is 141 Å². The molecule has 0 nitrogen and oxygen atoms in total. The smallest absolute Gasteiger partial charge is 0.0753 e. The minimum atomic E-state index is -1.76. The zero-order chi connectivity index (χ0) is 31.7. The van der Waals surface area contributed by atoms with Crippen molar-refractivity contribution in [3.05, 3.63) is 59.7 Å². The van der Waals surface area contributed by atoms with Gasteiger partial charge in [-0.05, 0) is 0 Å². The predicted octanol–water partition coefficient (Wildman–Crippen LogP) is 9.65. The Kier molecular flexibility index (Phi) is 12.5. The van der Waals surface area contributed by atoms with Crippen LogP contribution < -0.4 is 20.7 Å². The van der Waals surface area contributed by atoms with Crippen LogP contribution in [0.15, 0.2) is 48.5 Å². The van der Waals surface area contributed by atoms with E-state index in [4.69, 9.17) is 17.0 Å². The van der Waals surface area contributed by atoms with Crippen molar-refractivity contribution in [1.29, 1.82) is 0 Å². The molecule has 4 rings (SSSR count). The molecule has 0 radical (unpaired) electrons. The van der Waals surface area contributed by atoms with Gasteiger partial charge in [-0.2, -0.15) is 22.9 Å². The number of halogens is 2. The zero-order valence-electron chi connectivity index (χ0n) is 28.5. The van der Waals surface area contributed by atoms with Crippen LogP contribution >= 0.6 is 17.0 Å². The van der Waals surface area contributed by atoms with Gasteiger partial charge in [-0.3, -0.25) is 0 Å². The van der Waals surface area contributed by atoms with Crippen molar-refractivity contribution >= 4 is 95.3 Å². The van der Waals surface area contributed by atoms with Gasteiger partial charge in [0, 0.05) is 0 Å². The van der Waals surface area contributed by atoms with Gasteiger partial charge in [-0.25, -0.2) is 0 Å². The molecule has 0 spiro atoms. The van der Waals surface area contributed by atoms with Gasteiger partial charge in [-0.1, -0.05) is 103 Å². The van der Waals surface area contributed by atoms with E-state index in [0.717, 1.165) is 0 Å². The third-order valence-corrected chi connectivity index (χ3v) is 19.7. The maximum absolute atomic E-state index is 5.37. The van der Waals surface area contributed by atoms with Crippen LogP contribution in [0.3, 0.4) is 0 Å². The van der Waals surface area contributed by atoms with Gasteiger partial charge in [0.2, 0.25) is 0 Å². The second-order valence-corrected chi connectivity index (χ2v) is 44.7. The molecule has 0 fully saturated rings. The summed E-state index contributed by atoms with van der Waals surface area (Å²) in [6.07, 6.45) is 0. The van der Waals surface area contributed by atoms with E-state index in [0.29, 0.717) is 0 Å². The third-order valence-electron chi connectivity index (χ3n) is 7.43. The standard InChI is InChI=1S/2C16H25Si2.C2H4.2ClH.Zr/c2*1-12-8-13-10-15(17(2,3)4)16(18(5,6)7)11-14(13)9-12;1-2;;;/h2*8-11H,1-7H3;1H,2H3;2*1H;/q2*-1;;;;+2/p-2. The Balaban J connectivity index is 0.000000247. The second kappa shape index (κ2) is 13.9. The average molecular weight is 737 g/mol. The summed E-state index contributed by atoms with van der Waals surface area (Å²) in [5.41, 5.74) is 2.78. The van der Waals surface area contributed by atoms with Crippen LogP contribution in [0.2, 0.25) is 78.6 Å². The van der Waals surface area contributed by atoms with Crippen molar-refractivity contribution in [2.24, 2.45) is 0 Å². The minimum absolute atomic E-state index is 1.26. The molecule has 0 heterocycles. The van der Waals surface area contributed by atoms with E-state index in [1.165, 1.54) is 32.7 Å². The molecule has 0 N–H and O–H groups in total. The van der Waals surface area contributed by atoms with Gasteiger partial charge in [0.1, 0.15) is 0 Å². The largest absolute Gasteiger partial charge is 0.165 e. The summed E-state index contributed by atoms with van der Waals surface area (Å²) >= 11 is -1.76. The fourth-order valence-electron chi connectivity index (χ4n) is 5.31. The van der Waals surface area contributed by atoms with Crippen LogP contribution in [0.5, 0.6) is 0 Å². The molecule has 0 aliphatic rings. The monoisotopic (exact) mass is 734 g/mol. The van der Waals surface area contributed by atoms with Crippen molar-refractivity contribution < 1.29 is 18.9 Å². The number of aryl methyl sites for hydroxylation is 2.